The Morgan fingerprint density at radius 2 is 1.30 bits per heavy atom. The number of aryl methyl sites for hydroxylation is 3. The smallest absolute Gasteiger partial charge is 0.0602 e. The Labute approximate surface area is 164 Å². The van der Waals surface area contributed by atoms with E-state index < -0.39 is 0 Å². The summed E-state index contributed by atoms with van der Waals surface area (Å²) in [4.78, 5) is 5.10. The molecule has 27 heavy (non-hydrogen) atoms. The molecule has 0 spiro atoms. The van der Waals surface area contributed by atoms with Gasteiger partial charge in [0.2, 0.25) is 0 Å². The monoisotopic (exact) mass is 367 g/mol. The number of rotatable bonds is 1. The molecule has 0 unspecified atom stereocenters. The van der Waals surface area contributed by atoms with E-state index >= 15 is 0 Å². The number of anilines is 3. The van der Waals surface area contributed by atoms with E-state index in [4.69, 9.17) is 0 Å². The summed E-state index contributed by atoms with van der Waals surface area (Å²) in [5.74, 6) is 0. The molecular formula is C25H21NS. The van der Waals surface area contributed by atoms with Crippen LogP contribution in [-0.2, 0) is 0 Å². The summed E-state index contributed by atoms with van der Waals surface area (Å²) in [6.07, 6.45) is 0. The van der Waals surface area contributed by atoms with Gasteiger partial charge in [-0.2, -0.15) is 0 Å². The average molecular weight is 368 g/mol. The molecule has 4 aromatic rings. The summed E-state index contributed by atoms with van der Waals surface area (Å²) in [7, 11) is 0. The van der Waals surface area contributed by atoms with E-state index in [9.17, 15) is 0 Å². The van der Waals surface area contributed by atoms with Gasteiger partial charge in [-0.05, 0) is 67.1 Å². The molecule has 0 fully saturated rings. The van der Waals surface area contributed by atoms with Crippen LogP contribution in [0.2, 0.25) is 0 Å². The van der Waals surface area contributed by atoms with Gasteiger partial charge in [0.05, 0.1) is 17.1 Å². The Morgan fingerprint density at radius 3 is 1.96 bits per heavy atom. The van der Waals surface area contributed by atoms with Crippen molar-refractivity contribution in [1.29, 1.82) is 0 Å². The van der Waals surface area contributed by atoms with Crippen LogP contribution in [0.15, 0.2) is 82.6 Å². The molecule has 2 heteroatoms. The minimum absolute atomic E-state index is 1.27. The van der Waals surface area contributed by atoms with Crippen LogP contribution in [0.25, 0.3) is 10.8 Å². The standard InChI is InChI=1S/C25H21NS/c1-16-8-12-21-23(14-16)27-24-15-17(2)9-13-22(24)26(21)25-18(3)10-11-19-6-4-5-7-20(19)25/h4-15H,1-3H3. The third-order valence-electron chi connectivity index (χ3n) is 5.26. The Balaban J connectivity index is 1.87. The topological polar surface area (TPSA) is 3.24 Å². The fraction of sp³-hybridized carbons (Fsp3) is 0.120. The predicted octanol–water partition coefficient (Wildman–Crippen LogP) is 7.70. The van der Waals surface area contributed by atoms with E-state index in [0.29, 0.717) is 0 Å². The minimum atomic E-state index is 1.27. The first-order valence-electron chi connectivity index (χ1n) is 9.29. The number of hydrogen-bond acceptors (Lipinski definition) is 2. The highest BCUT2D eigenvalue weighted by atomic mass is 32.2. The van der Waals surface area contributed by atoms with Crippen LogP contribution in [0.3, 0.4) is 0 Å². The second-order valence-electron chi connectivity index (χ2n) is 7.33. The molecule has 1 aliphatic rings. The molecule has 0 N–H and O–H groups in total. The van der Waals surface area contributed by atoms with Gasteiger partial charge in [-0.15, -0.1) is 0 Å². The summed E-state index contributed by atoms with van der Waals surface area (Å²) in [5, 5.41) is 2.57. The fourth-order valence-corrected chi connectivity index (χ4v) is 5.18. The van der Waals surface area contributed by atoms with Gasteiger partial charge in [0.25, 0.3) is 0 Å². The Bertz CT molecular complexity index is 1140. The van der Waals surface area contributed by atoms with Crippen LogP contribution in [-0.4, -0.2) is 0 Å². The van der Waals surface area contributed by atoms with Crippen molar-refractivity contribution in [3.05, 3.63) is 89.5 Å². The van der Waals surface area contributed by atoms with Gasteiger partial charge in [0.15, 0.2) is 0 Å². The molecule has 5 rings (SSSR count). The van der Waals surface area contributed by atoms with Gasteiger partial charge in [0.1, 0.15) is 0 Å². The third-order valence-corrected chi connectivity index (χ3v) is 6.35. The van der Waals surface area contributed by atoms with Crippen LogP contribution in [0, 0.1) is 20.8 Å². The first-order valence-corrected chi connectivity index (χ1v) is 10.1. The SMILES string of the molecule is Cc1ccc2c(c1)Sc1cc(C)ccc1N2c1c(C)ccc2ccccc12. The number of hydrogen-bond donors (Lipinski definition) is 0. The van der Waals surface area contributed by atoms with E-state index in [1.165, 1.54) is 54.3 Å². The van der Waals surface area contributed by atoms with Gasteiger partial charge in [-0.3, -0.25) is 0 Å². The van der Waals surface area contributed by atoms with Crippen molar-refractivity contribution in [1.82, 2.24) is 0 Å². The van der Waals surface area contributed by atoms with E-state index in [0.717, 1.165) is 0 Å². The Hall–Kier alpha value is -2.71. The molecule has 0 amide bonds. The first kappa shape index (κ1) is 16.5. The van der Waals surface area contributed by atoms with Crippen molar-refractivity contribution in [2.75, 3.05) is 4.90 Å². The maximum Gasteiger partial charge on any atom is 0.0602 e. The molecule has 132 valence electrons. The lowest BCUT2D eigenvalue weighted by atomic mass is 10.0. The maximum atomic E-state index is 2.46. The summed E-state index contributed by atoms with van der Waals surface area (Å²) in [6.45, 7) is 6.55. The molecule has 1 heterocycles. The predicted molar refractivity (Wildman–Crippen MR) is 117 cm³/mol. The lowest BCUT2D eigenvalue weighted by Crippen LogP contribution is -2.16. The summed E-state index contributed by atoms with van der Waals surface area (Å²) >= 11 is 1.88. The summed E-state index contributed by atoms with van der Waals surface area (Å²) < 4.78 is 0. The van der Waals surface area contributed by atoms with E-state index in [1.54, 1.807) is 0 Å². The number of nitrogens with zero attached hydrogens (tertiary/aromatic N) is 1. The molecule has 0 bridgehead atoms. The van der Waals surface area contributed by atoms with E-state index in [2.05, 4.69) is 98.5 Å². The second-order valence-corrected chi connectivity index (χ2v) is 8.42. The molecular weight excluding hydrogens is 346 g/mol. The van der Waals surface area contributed by atoms with E-state index in [-0.39, 0.29) is 0 Å². The highest BCUT2D eigenvalue weighted by molar-refractivity contribution is 7.99. The van der Waals surface area contributed by atoms with E-state index in [1.807, 2.05) is 11.8 Å². The molecule has 0 radical (unpaired) electrons. The van der Waals surface area contributed by atoms with Crippen LogP contribution in [0.1, 0.15) is 16.7 Å². The first-order chi connectivity index (χ1) is 13.1. The van der Waals surface area contributed by atoms with Crippen LogP contribution < -0.4 is 4.90 Å². The quantitative estimate of drug-likeness (QED) is 0.298. The molecule has 1 aliphatic heterocycles. The summed E-state index contributed by atoms with van der Waals surface area (Å²) in [5.41, 5.74) is 7.70. The lowest BCUT2D eigenvalue weighted by Gasteiger charge is -2.35. The fourth-order valence-electron chi connectivity index (χ4n) is 3.93. The molecule has 0 saturated heterocycles. The number of fused-ring (bicyclic) bond motifs is 3. The van der Waals surface area contributed by atoms with Gasteiger partial charge in [-0.25, -0.2) is 0 Å². The highest BCUT2D eigenvalue weighted by Gasteiger charge is 2.27. The third kappa shape index (κ3) is 2.64. The second kappa shape index (κ2) is 6.17. The van der Waals surface area contributed by atoms with Gasteiger partial charge >= 0.3 is 0 Å². The minimum Gasteiger partial charge on any atom is -0.307 e. The van der Waals surface area contributed by atoms with Crippen molar-refractivity contribution >= 4 is 39.6 Å². The highest BCUT2D eigenvalue weighted by Crippen LogP contribution is 2.53. The van der Waals surface area contributed by atoms with Crippen molar-refractivity contribution in [3.63, 3.8) is 0 Å². The molecule has 1 nitrogen and oxygen atoms in total. The zero-order chi connectivity index (χ0) is 18.5. The van der Waals surface area contributed by atoms with Gasteiger partial charge < -0.3 is 4.90 Å². The largest absolute Gasteiger partial charge is 0.307 e. The lowest BCUT2D eigenvalue weighted by molar-refractivity contribution is 1.14. The molecule has 0 atom stereocenters. The molecule has 0 aromatic heterocycles. The number of benzene rings is 4. The Morgan fingerprint density at radius 1 is 0.667 bits per heavy atom. The van der Waals surface area contributed by atoms with Gasteiger partial charge in [0, 0.05) is 15.2 Å². The molecule has 0 saturated carbocycles. The van der Waals surface area contributed by atoms with Crippen LogP contribution in [0.5, 0.6) is 0 Å². The average Bonchev–Trinajstić information content (AvgIpc) is 2.66. The zero-order valence-corrected chi connectivity index (χ0v) is 16.6. The van der Waals surface area contributed by atoms with Crippen LogP contribution in [0.4, 0.5) is 17.1 Å². The van der Waals surface area contributed by atoms with Gasteiger partial charge in [-0.1, -0.05) is 60.3 Å². The van der Waals surface area contributed by atoms with Crippen LogP contribution >= 0.6 is 11.8 Å². The summed E-state index contributed by atoms with van der Waals surface area (Å²) in [6, 6.07) is 26.7. The zero-order valence-electron chi connectivity index (χ0n) is 15.8. The maximum absolute atomic E-state index is 2.46. The van der Waals surface area contributed by atoms with Crippen molar-refractivity contribution in [2.24, 2.45) is 0 Å². The normalized spacial score (nSPS) is 12.8. The molecule has 0 aliphatic carbocycles. The molecule has 4 aromatic carbocycles. The van der Waals surface area contributed by atoms with Crippen molar-refractivity contribution in [3.8, 4) is 0 Å². The van der Waals surface area contributed by atoms with Crippen molar-refractivity contribution < 1.29 is 0 Å². The Kier molecular flexibility index (Phi) is 3.76. The van der Waals surface area contributed by atoms with Crippen molar-refractivity contribution in [2.45, 2.75) is 30.6 Å².